The van der Waals surface area contributed by atoms with E-state index in [2.05, 4.69) is 15.5 Å². The van der Waals surface area contributed by atoms with Crippen molar-refractivity contribution in [1.82, 2.24) is 15.5 Å². The summed E-state index contributed by atoms with van der Waals surface area (Å²) in [5, 5.41) is 7.72. The molecule has 0 aliphatic heterocycles. The molecular formula is C28H28ClN3O5. The number of ketones is 1. The lowest BCUT2D eigenvalue weighted by molar-refractivity contribution is -0.118. The molecule has 0 atom stereocenters. The number of halogens is 1. The van der Waals surface area contributed by atoms with Crippen molar-refractivity contribution >= 4 is 34.2 Å². The Balaban J connectivity index is 1.52. The summed E-state index contributed by atoms with van der Waals surface area (Å²) in [6.07, 6.45) is 1.90. The molecule has 0 saturated carbocycles. The largest absolute Gasteiger partial charge is 0.496 e. The molecule has 0 spiro atoms. The second-order valence-corrected chi connectivity index (χ2v) is 10.0. The van der Waals surface area contributed by atoms with E-state index in [0.717, 1.165) is 5.69 Å². The number of hydrogen-bond acceptors (Lipinski definition) is 7. The van der Waals surface area contributed by atoms with Gasteiger partial charge in [0.2, 0.25) is 0 Å². The van der Waals surface area contributed by atoms with E-state index < -0.39 is 0 Å². The number of carbonyl (C=O) groups is 2. The summed E-state index contributed by atoms with van der Waals surface area (Å²) in [7, 11) is 3.05. The van der Waals surface area contributed by atoms with Crippen LogP contribution in [0.3, 0.4) is 0 Å². The van der Waals surface area contributed by atoms with Gasteiger partial charge in [0.1, 0.15) is 28.8 Å². The predicted molar refractivity (Wildman–Crippen MR) is 141 cm³/mol. The Morgan fingerprint density at radius 2 is 1.84 bits per heavy atom. The average Bonchev–Trinajstić information content (AvgIpc) is 3.33. The maximum absolute atomic E-state index is 12.7. The molecule has 37 heavy (non-hydrogen) atoms. The molecule has 2 aromatic carbocycles. The number of benzene rings is 2. The minimum atomic E-state index is -0.287. The number of pyridine rings is 1. The molecule has 8 nitrogen and oxygen atoms in total. The second kappa shape index (κ2) is 10.6. The SMILES string of the molecule is CNC(=O)c1cc2c(Oc3ccc(CC(=O)Cc4cc(C(C)(C)C)no4)c(Cl)c3)ccnc2cc1OC. The van der Waals surface area contributed by atoms with E-state index >= 15 is 0 Å². The van der Waals surface area contributed by atoms with Gasteiger partial charge >= 0.3 is 0 Å². The van der Waals surface area contributed by atoms with Gasteiger partial charge in [-0.3, -0.25) is 14.6 Å². The summed E-state index contributed by atoms with van der Waals surface area (Å²) in [6.45, 7) is 6.10. The van der Waals surface area contributed by atoms with Gasteiger partial charge in [-0.1, -0.05) is 43.6 Å². The van der Waals surface area contributed by atoms with Crippen molar-refractivity contribution in [2.75, 3.05) is 14.2 Å². The Labute approximate surface area is 219 Å². The zero-order valence-electron chi connectivity index (χ0n) is 21.3. The lowest BCUT2D eigenvalue weighted by atomic mass is 9.92. The number of aromatic nitrogens is 2. The second-order valence-electron chi connectivity index (χ2n) is 9.63. The van der Waals surface area contributed by atoms with E-state index in [9.17, 15) is 9.59 Å². The first-order valence-corrected chi connectivity index (χ1v) is 12.1. The van der Waals surface area contributed by atoms with Crippen molar-refractivity contribution < 1.29 is 23.6 Å². The van der Waals surface area contributed by atoms with Crippen LogP contribution in [0.4, 0.5) is 0 Å². The smallest absolute Gasteiger partial charge is 0.254 e. The molecule has 1 N–H and O–H groups in total. The van der Waals surface area contributed by atoms with Gasteiger partial charge in [0, 0.05) is 47.6 Å². The highest BCUT2D eigenvalue weighted by Crippen LogP contribution is 2.34. The minimum absolute atomic E-state index is 0.0389. The number of amides is 1. The van der Waals surface area contributed by atoms with Crippen molar-refractivity contribution in [3.05, 3.63) is 76.3 Å². The highest BCUT2D eigenvalue weighted by atomic mass is 35.5. The van der Waals surface area contributed by atoms with Crippen LogP contribution in [0.1, 0.15) is 48.1 Å². The van der Waals surface area contributed by atoms with Gasteiger partial charge in [-0.15, -0.1) is 0 Å². The molecule has 0 aliphatic carbocycles. The summed E-state index contributed by atoms with van der Waals surface area (Å²) in [4.78, 5) is 29.3. The van der Waals surface area contributed by atoms with Gasteiger partial charge in [-0.05, 0) is 29.8 Å². The molecule has 2 aromatic heterocycles. The fourth-order valence-corrected chi connectivity index (χ4v) is 4.04. The van der Waals surface area contributed by atoms with Crippen molar-refractivity contribution in [2.45, 2.75) is 39.0 Å². The fraction of sp³-hybridized carbons (Fsp3) is 0.286. The molecule has 0 saturated heterocycles. The molecule has 0 bridgehead atoms. The van der Waals surface area contributed by atoms with Crippen LogP contribution in [0.25, 0.3) is 10.9 Å². The zero-order chi connectivity index (χ0) is 26.7. The first-order chi connectivity index (χ1) is 17.6. The predicted octanol–water partition coefficient (Wildman–Crippen LogP) is 5.69. The monoisotopic (exact) mass is 521 g/mol. The third-order valence-electron chi connectivity index (χ3n) is 5.83. The quantitative estimate of drug-likeness (QED) is 0.317. The van der Waals surface area contributed by atoms with Gasteiger partial charge in [0.05, 0.1) is 30.3 Å². The third-order valence-corrected chi connectivity index (χ3v) is 6.19. The Bertz CT molecular complexity index is 1470. The van der Waals surface area contributed by atoms with Crippen molar-refractivity contribution in [3.63, 3.8) is 0 Å². The minimum Gasteiger partial charge on any atom is -0.496 e. The summed E-state index contributed by atoms with van der Waals surface area (Å²) in [6, 6.07) is 12.1. The lowest BCUT2D eigenvalue weighted by Gasteiger charge is -2.13. The van der Waals surface area contributed by atoms with E-state index in [-0.39, 0.29) is 29.9 Å². The lowest BCUT2D eigenvalue weighted by Crippen LogP contribution is -2.18. The van der Waals surface area contributed by atoms with Gasteiger partial charge in [0.25, 0.3) is 5.91 Å². The molecule has 1 amide bonds. The number of ether oxygens (including phenoxy) is 2. The number of rotatable bonds is 8. The highest BCUT2D eigenvalue weighted by molar-refractivity contribution is 6.31. The maximum Gasteiger partial charge on any atom is 0.254 e. The molecule has 2 heterocycles. The van der Waals surface area contributed by atoms with Crippen molar-refractivity contribution in [2.24, 2.45) is 0 Å². The number of fused-ring (bicyclic) bond motifs is 1. The van der Waals surface area contributed by atoms with E-state index in [4.69, 9.17) is 25.6 Å². The van der Waals surface area contributed by atoms with Gasteiger partial charge < -0.3 is 19.3 Å². The van der Waals surface area contributed by atoms with Crippen LogP contribution in [-0.2, 0) is 23.1 Å². The molecule has 0 fully saturated rings. The molecule has 0 radical (unpaired) electrons. The summed E-state index contributed by atoms with van der Waals surface area (Å²) >= 11 is 6.50. The van der Waals surface area contributed by atoms with Crippen molar-refractivity contribution in [3.8, 4) is 17.2 Å². The number of nitrogens with one attached hydrogen (secondary N) is 1. The standard InChI is InChI=1S/C28H28ClN3O5/c1-28(2,3)26-13-19(37-32-26)11-17(33)10-16-6-7-18(12-22(16)29)36-24-8-9-31-23-15-25(35-5)21(14-20(23)24)27(34)30-4/h6-9,12-15H,10-11H2,1-5H3,(H,30,34). The van der Waals surface area contributed by atoms with Crippen LogP contribution < -0.4 is 14.8 Å². The number of nitrogens with zero attached hydrogens (tertiary/aromatic N) is 2. The van der Waals surface area contributed by atoms with Crippen LogP contribution in [-0.4, -0.2) is 36.0 Å². The van der Waals surface area contributed by atoms with Crippen molar-refractivity contribution in [1.29, 1.82) is 0 Å². The van der Waals surface area contributed by atoms with Crippen LogP contribution in [0.2, 0.25) is 5.02 Å². The number of hydrogen-bond donors (Lipinski definition) is 1. The van der Waals surface area contributed by atoms with E-state index in [0.29, 0.717) is 50.1 Å². The highest BCUT2D eigenvalue weighted by Gasteiger charge is 2.20. The average molecular weight is 522 g/mol. The molecule has 4 rings (SSSR count). The summed E-state index contributed by atoms with van der Waals surface area (Å²) in [5.41, 5.74) is 2.31. The van der Waals surface area contributed by atoms with Gasteiger partial charge in [-0.25, -0.2) is 0 Å². The Morgan fingerprint density at radius 3 is 2.49 bits per heavy atom. The van der Waals surface area contributed by atoms with E-state index in [1.807, 2.05) is 26.8 Å². The Hall–Kier alpha value is -3.91. The van der Waals surface area contributed by atoms with Crippen LogP contribution in [0, 0.1) is 0 Å². The maximum atomic E-state index is 12.7. The Morgan fingerprint density at radius 1 is 1.05 bits per heavy atom. The van der Waals surface area contributed by atoms with Crippen LogP contribution in [0.15, 0.2) is 53.2 Å². The van der Waals surface area contributed by atoms with E-state index in [1.165, 1.54) is 7.11 Å². The zero-order valence-corrected chi connectivity index (χ0v) is 22.1. The number of carbonyl (C=O) groups excluding carboxylic acids is 2. The van der Waals surface area contributed by atoms with Gasteiger partial charge in [0.15, 0.2) is 0 Å². The fourth-order valence-electron chi connectivity index (χ4n) is 3.80. The number of Topliss-reactive ketones (excluding diaryl/α,β-unsaturated/α-hetero) is 1. The van der Waals surface area contributed by atoms with Gasteiger partial charge in [-0.2, -0.15) is 0 Å². The first-order valence-electron chi connectivity index (χ1n) is 11.7. The Kier molecular flexibility index (Phi) is 7.50. The number of methoxy groups -OCH3 is 1. The summed E-state index contributed by atoms with van der Waals surface area (Å²) < 4.78 is 16.8. The topological polar surface area (TPSA) is 104 Å². The third kappa shape index (κ3) is 5.91. The summed E-state index contributed by atoms with van der Waals surface area (Å²) in [5.74, 6) is 1.60. The molecular weight excluding hydrogens is 494 g/mol. The molecule has 192 valence electrons. The molecule has 9 heteroatoms. The normalized spacial score (nSPS) is 11.4. The molecule has 0 aliphatic rings. The van der Waals surface area contributed by atoms with E-state index in [1.54, 1.807) is 49.6 Å². The first kappa shape index (κ1) is 26.2. The van der Waals surface area contributed by atoms with Crippen LogP contribution in [0.5, 0.6) is 17.2 Å². The molecule has 0 unspecified atom stereocenters. The van der Waals surface area contributed by atoms with Crippen LogP contribution >= 0.6 is 11.6 Å². The molecule has 4 aromatic rings.